The highest BCUT2D eigenvalue weighted by Crippen LogP contribution is 2.22. The molecule has 68 valence electrons. The summed E-state index contributed by atoms with van der Waals surface area (Å²) in [7, 11) is 0. The van der Waals surface area contributed by atoms with Gasteiger partial charge in [-0.15, -0.1) is 17.3 Å². The van der Waals surface area contributed by atoms with Crippen molar-refractivity contribution in [1.29, 1.82) is 0 Å². The standard InChI is InChI=1S/C9H7BrO2S/c1-2-3-6-12-9(11)7-4-5-8(10)13-7/h4-5H,6H2,1H3. The minimum atomic E-state index is -0.321. The van der Waals surface area contributed by atoms with Crippen LogP contribution in [0.4, 0.5) is 0 Å². The second kappa shape index (κ2) is 5.05. The van der Waals surface area contributed by atoms with Crippen LogP contribution >= 0.6 is 27.3 Å². The van der Waals surface area contributed by atoms with E-state index in [2.05, 4.69) is 27.8 Å². The lowest BCUT2D eigenvalue weighted by atomic mass is 10.5. The number of hydrogen-bond donors (Lipinski definition) is 0. The van der Waals surface area contributed by atoms with Crippen LogP contribution in [0.2, 0.25) is 0 Å². The van der Waals surface area contributed by atoms with E-state index in [4.69, 9.17) is 4.74 Å². The van der Waals surface area contributed by atoms with Crippen molar-refractivity contribution in [2.45, 2.75) is 6.92 Å². The third kappa shape index (κ3) is 3.21. The quantitative estimate of drug-likeness (QED) is 0.603. The molecule has 0 aliphatic heterocycles. The number of hydrogen-bond acceptors (Lipinski definition) is 3. The SMILES string of the molecule is CC#CCOC(=O)c1ccc(Br)s1. The fourth-order valence-corrected chi connectivity index (χ4v) is 1.95. The van der Waals surface area contributed by atoms with E-state index in [1.807, 2.05) is 6.07 Å². The van der Waals surface area contributed by atoms with E-state index in [9.17, 15) is 4.79 Å². The molecule has 1 aromatic rings. The van der Waals surface area contributed by atoms with Crippen LogP contribution in [0.1, 0.15) is 16.6 Å². The Bertz CT molecular complexity index is 359. The molecule has 0 aliphatic rings. The Kier molecular flexibility index (Phi) is 4.00. The minimum absolute atomic E-state index is 0.158. The van der Waals surface area contributed by atoms with Crippen molar-refractivity contribution in [2.24, 2.45) is 0 Å². The summed E-state index contributed by atoms with van der Waals surface area (Å²) in [5.41, 5.74) is 0. The summed E-state index contributed by atoms with van der Waals surface area (Å²) in [5, 5.41) is 0. The van der Waals surface area contributed by atoms with Gasteiger partial charge in [0.25, 0.3) is 0 Å². The van der Waals surface area contributed by atoms with Crippen LogP contribution < -0.4 is 0 Å². The topological polar surface area (TPSA) is 26.3 Å². The average molecular weight is 259 g/mol. The van der Waals surface area contributed by atoms with Crippen molar-refractivity contribution in [3.8, 4) is 11.8 Å². The highest BCUT2D eigenvalue weighted by atomic mass is 79.9. The predicted molar refractivity (Wildman–Crippen MR) is 55.8 cm³/mol. The minimum Gasteiger partial charge on any atom is -0.448 e. The molecule has 0 atom stereocenters. The molecule has 0 aromatic carbocycles. The maximum atomic E-state index is 11.2. The third-order valence-corrected chi connectivity index (χ3v) is 2.83. The van der Waals surface area contributed by atoms with E-state index < -0.39 is 0 Å². The Morgan fingerprint density at radius 2 is 2.46 bits per heavy atom. The van der Waals surface area contributed by atoms with Gasteiger partial charge in [0, 0.05) is 0 Å². The van der Waals surface area contributed by atoms with Crippen LogP contribution in [0, 0.1) is 11.8 Å². The van der Waals surface area contributed by atoms with Gasteiger partial charge in [0.15, 0.2) is 6.61 Å². The van der Waals surface area contributed by atoms with Crippen molar-refractivity contribution in [3.05, 3.63) is 20.8 Å². The molecule has 0 amide bonds. The molecule has 0 saturated heterocycles. The predicted octanol–water partition coefficient (Wildman–Crippen LogP) is 2.69. The van der Waals surface area contributed by atoms with Gasteiger partial charge in [-0.2, -0.15) is 0 Å². The van der Waals surface area contributed by atoms with E-state index in [1.54, 1.807) is 13.0 Å². The van der Waals surface area contributed by atoms with E-state index in [0.29, 0.717) is 4.88 Å². The number of carbonyl (C=O) groups excluding carboxylic acids is 1. The molecular formula is C9H7BrO2S. The Morgan fingerprint density at radius 3 is 3.00 bits per heavy atom. The highest BCUT2D eigenvalue weighted by Gasteiger charge is 2.08. The second-order valence-electron chi connectivity index (χ2n) is 2.11. The first-order valence-electron chi connectivity index (χ1n) is 3.56. The second-order valence-corrected chi connectivity index (χ2v) is 4.57. The van der Waals surface area contributed by atoms with Crippen molar-refractivity contribution >= 4 is 33.2 Å². The molecule has 0 spiro atoms. The number of rotatable bonds is 2. The molecular weight excluding hydrogens is 252 g/mol. The van der Waals surface area contributed by atoms with E-state index in [-0.39, 0.29) is 12.6 Å². The zero-order chi connectivity index (χ0) is 9.68. The summed E-state index contributed by atoms with van der Waals surface area (Å²) >= 11 is 4.61. The first-order valence-corrected chi connectivity index (χ1v) is 5.17. The van der Waals surface area contributed by atoms with Gasteiger partial charge < -0.3 is 4.74 Å². The van der Waals surface area contributed by atoms with Crippen molar-refractivity contribution < 1.29 is 9.53 Å². The van der Waals surface area contributed by atoms with E-state index in [1.165, 1.54) is 11.3 Å². The number of carbonyl (C=O) groups is 1. The van der Waals surface area contributed by atoms with Gasteiger partial charge in [-0.05, 0) is 35.0 Å². The van der Waals surface area contributed by atoms with Crippen LogP contribution in [0.3, 0.4) is 0 Å². The fourth-order valence-electron chi connectivity index (χ4n) is 0.669. The Balaban J connectivity index is 2.52. The normalized spacial score (nSPS) is 8.77. The molecule has 1 heterocycles. The smallest absolute Gasteiger partial charge is 0.349 e. The molecule has 13 heavy (non-hydrogen) atoms. The first-order chi connectivity index (χ1) is 6.24. The van der Waals surface area contributed by atoms with Crippen LogP contribution in [-0.2, 0) is 4.74 Å². The first kappa shape index (κ1) is 10.3. The summed E-state index contributed by atoms with van der Waals surface area (Å²) in [6.07, 6.45) is 0. The van der Waals surface area contributed by atoms with Gasteiger partial charge in [-0.3, -0.25) is 0 Å². The molecule has 0 fully saturated rings. The zero-order valence-electron chi connectivity index (χ0n) is 6.96. The van der Waals surface area contributed by atoms with E-state index >= 15 is 0 Å². The molecule has 0 aliphatic carbocycles. The Hall–Kier alpha value is -0.790. The van der Waals surface area contributed by atoms with Crippen molar-refractivity contribution in [1.82, 2.24) is 0 Å². The summed E-state index contributed by atoms with van der Waals surface area (Å²) in [4.78, 5) is 11.8. The molecule has 0 radical (unpaired) electrons. The maximum absolute atomic E-state index is 11.2. The number of ether oxygens (including phenoxy) is 1. The van der Waals surface area contributed by atoms with Crippen molar-refractivity contribution in [3.63, 3.8) is 0 Å². The van der Waals surface area contributed by atoms with Gasteiger partial charge in [0.05, 0.1) is 3.79 Å². The zero-order valence-corrected chi connectivity index (χ0v) is 9.37. The molecule has 4 heteroatoms. The van der Waals surface area contributed by atoms with Gasteiger partial charge in [-0.25, -0.2) is 4.79 Å². The molecule has 0 unspecified atom stereocenters. The number of esters is 1. The molecule has 1 rings (SSSR count). The van der Waals surface area contributed by atoms with Gasteiger partial charge in [0.1, 0.15) is 4.88 Å². The lowest BCUT2D eigenvalue weighted by Gasteiger charge is -1.95. The molecule has 0 N–H and O–H groups in total. The molecule has 0 bridgehead atoms. The van der Waals surface area contributed by atoms with Crippen LogP contribution in [0.25, 0.3) is 0 Å². The van der Waals surface area contributed by atoms with E-state index in [0.717, 1.165) is 3.79 Å². The van der Waals surface area contributed by atoms with Gasteiger partial charge in [0.2, 0.25) is 0 Å². The maximum Gasteiger partial charge on any atom is 0.349 e. The Labute approximate surface area is 89.0 Å². The van der Waals surface area contributed by atoms with Crippen molar-refractivity contribution in [2.75, 3.05) is 6.61 Å². The highest BCUT2D eigenvalue weighted by molar-refractivity contribution is 9.11. The summed E-state index contributed by atoms with van der Waals surface area (Å²) in [5.74, 6) is 4.98. The average Bonchev–Trinajstić information content (AvgIpc) is 2.52. The van der Waals surface area contributed by atoms with Gasteiger partial charge >= 0.3 is 5.97 Å². The van der Waals surface area contributed by atoms with Gasteiger partial charge in [-0.1, -0.05) is 5.92 Å². The summed E-state index contributed by atoms with van der Waals surface area (Å²) in [6, 6.07) is 3.53. The number of halogens is 1. The molecule has 1 aromatic heterocycles. The Morgan fingerprint density at radius 1 is 1.69 bits per heavy atom. The number of thiophene rings is 1. The van der Waals surface area contributed by atoms with Crippen LogP contribution in [0.15, 0.2) is 15.9 Å². The lowest BCUT2D eigenvalue weighted by Crippen LogP contribution is -2.02. The lowest BCUT2D eigenvalue weighted by molar-refractivity contribution is 0.0562. The summed E-state index contributed by atoms with van der Waals surface area (Å²) < 4.78 is 5.78. The van der Waals surface area contributed by atoms with Crippen LogP contribution in [0.5, 0.6) is 0 Å². The third-order valence-electron chi connectivity index (χ3n) is 1.23. The van der Waals surface area contributed by atoms with Crippen LogP contribution in [-0.4, -0.2) is 12.6 Å². The largest absolute Gasteiger partial charge is 0.448 e. The fraction of sp³-hybridized carbons (Fsp3) is 0.222. The molecule has 0 saturated carbocycles. The summed E-state index contributed by atoms with van der Waals surface area (Å²) in [6.45, 7) is 1.86. The monoisotopic (exact) mass is 258 g/mol. The molecule has 2 nitrogen and oxygen atoms in total.